The molecule has 1 aromatic carbocycles. The number of halogens is 1. The lowest BCUT2D eigenvalue weighted by Gasteiger charge is -2.03. The van der Waals surface area contributed by atoms with E-state index in [4.69, 9.17) is 16.3 Å². The highest BCUT2D eigenvalue weighted by Crippen LogP contribution is 2.19. The van der Waals surface area contributed by atoms with Crippen molar-refractivity contribution >= 4 is 22.9 Å². The Morgan fingerprint density at radius 3 is 2.94 bits per heavy atom. The van der Waals surface area contributed by atoms with Crippen molar-refractivity contribution in [1.29, 1.82) is 0 Å². The van der Waals surface area contributed by atoms with Crippen LogP contribution in [0.3, 0.4) is 0 Å². The molecule has 0 fully saturated rings. The van der Waals surface area contributed by atoms with E-state index < -0.39 is 0 Å². The molecule has 0 amide bonds. The highest BCUT2D eigenvalue weighted by molar-refractivity contribution is 7.11. The lowest BCUT2D eigenvalue weighted by molar-refractivity contribution is 0.304. The smallest absolute Gasteiger partial charge is 0.155 e. The molecule has 0 atom stereocenters. The van der Waals surface area contributed by atoms with Gasteiger partial charge in [0.05, 0.1) is 0 Å². The predicted molar refractivity (Wildman–Crippen MR) is 68.5 cm³/mol. The number of nitrogens with zero attached hydrogens (tertiary/aromatic N) is 2. The van der Waals surface area contributed by atoms with Gasteiger partial charge in [-0.05, 0) is 25.2 Å². The van der Waals surface area contributed by atoms with Gasteiger partial charge in [-0.15, -0.1) is 10.2 Å². The van der Waals surface area contributed by atoms with Gasteiger partial charge in [-0.25, -0.2) is 0 Å². The molecule has 1 N–H and O–H groups in total. The maximum atomic E-state index is 5.86. The molecule has 0 unspecified atom stereocenters. The summed E-state index contributed by atoms with van der Waals surface area (Å²) in [6.07, 6.45) is 0. The zero-order chi connectivity index (χ0) is 12.1. The second kappa shape index (κ2) is 5.95. The van der Waals surface area contributed by atoms with Gasteiger partial charge in [-0.3, -0.25) is 0 Å². The van der Waals surface area contributed by atoms with E-state index in [0.29, 0.717) is 11.6 Å². The summed E-state index contributed by atoms with van der Waals surface area (Å²) >= 11 is 7.40. The summed E-state index contributed by atoms with van der Waals surface area (Å²) in [6, 6.07) is 7.30. The molecule has 90 valence electrons. The van der Waals surface area contributed by atoms with Gasteiger partial charge in [0.25, 0.3) is 0 Å². The van der Waals surface area contributed by atoms with Crippen molar-refractivity contribution in [3.05, 3.63) is 39.3 Å². The second-order valence-electron chi connectivity index (χ2n) is 3.37. The number of ether oxygens (including phenoxy) is 1. The summed E-state index contributed by atoms with van der Waals surface area (Å²) < 4.78 is 5.57. The molecule has 0 saturated heterocycles. The number of hydrogen-bond donors (Lipinski definition) is 1. The lowest BCUT2D eigenvalue weighted by atomic mass is 10.3. The first-order chi connectivity index (χ1) is 8.28. The largest absolute Gasteiger partial charge is 0.486 e. The Morgan fingerprint density at radius 1 is 1.35 bits per heavy atom. The molecule has 1 aromatic heterocycles. The minimum atomic E-state index is 0.418. The average Bonchev–Trinajstić information content (AvgIpc) is 2.75. The molecule has 0 aliphatic carbocycles. The first-order valence-corrected chi connectivity index (χ1v) is 6.31. The van der Waals surface area contributed by atoms with Crippen molar-refractivity contribution in [2.75, 3.05) is 7.05 Å². The summed E-state index contributed by atoms with van der Waals surface area (Å²) in [5, 5.41) is 13.6. The fourth-order valence-electron chi connectivity index (χ4n) is 1.27. The standard InChI is InChI=1S/C11H12ClN3OS/c1-13-6-10-14-15-11(17-10)7-16-9-4-2-3-8(12)5-9/h2-5,13H,6-7H2,1H3. The van der Waals surface area contributed by atoms with E-state index in [0.717, 1.165) is 22.3 Å². The molecular formula is C11H12ClN3OS. The Morgan fingerprint density at radius 2 is 2.18 bits per heavy atom. The van der Waals surface area contributed by atoms with Gasteiger partial charge in [-0.1, -0.05) is 29.0 Å². The summed E-state index contributed by atoms with van der Waals surface area (Å²) in [5.41, 5.74) is 0. The fourth-order valence-corrected chi connectivity index (χ4v) is 2.22. The van der Waals surface area contributed by atoms with Crippen LogP contribution in [0.4, 0.5) is 0 Å². The van der Waals surface area contributed by atoms with Gasteiger partial charge >= 0.3 is 0 Å². The van der Waals surface area contributed by atoms with Gasteiger partial charge in [0.2, 0.25) is 0 Å². The van der Waals surface area contributed by atoms with Crippen molar-refractivity contribution < 1.29 is 4.74 Å². The van der Waals surface area contributed by atoms with Crippen LogP contribution in [0.1, 0.15) is 10.0 Å². The molecule has 6 heteroatoms. The highest BCUT2D eigenvalue weighted by atomic mass is 35.5. The van der Waals surface area contributed by atoms with Gasteiger partial charge in [0.1, 0.15) is 17.4 Å². The van der Waals surface area contributed by atoms with E-state index in [-0.39, 0.29) is 0 Å². The van der Waals surface area contributed by atoms with Crippen molar-refractivity contribution in [3.8, 4) is 5.75 Å². The van der Waals surface area contributed by atoms with Crippen LogP contribution in [0.25, 0.3) is 0 Å². The minimum absolute atomic E-state index is 0.418. The van der Waals surface area contributed by atoms with Gasteiger partial charge in [0, 0.05) is 11.6 Å². The SMILES string of the molecule is CNCc1nnc(COc2cccc(Cl)c2)s1. The molecule has 2 aromatic rings. The highest BCUT2D eigenvalue weighted by Gasteiger charge is 2.04. The maximum absolute atomic E-state index is 5.86. The molecule has 17 heavy (non-hydrogen) atoms. The minimum Gasteiger partial charge on any atom is -0.486 e. The monoisotopic (exact) mass is 269 g/mol. The summed E-state index contributed by atoms with van der Waals surface area (Å²) in [5.74, 6) is 0.739. The molecule has 4 nitrogen and oxygen atoms in total. The third-order valence-corrected chi connectivity index (χ3v) is 3.13. The van der Waals surface area contributed by atoms with E-state index in [1.54, 1.807) is 6.07 Å². The van der Waals surface area contributed by atoms with Crippen molar-refractivity contribution in [1.82, 2.24) is 15.5 Å². The quantitative estimate of drug-likeness (QED) is 0.906. The molecular weight excluding hydrogens is 258 g/mol. The van der Waals surface area contributed by atoms with E-state index in [1.165, 1.54) is 11.3 Å². The Bertz CT molecular complexity index is 489. The molecule has 0 bridgehead atoms. The molecule has 0 aliphatic heterocycles. The number of rotatable bonds is 5. The van der Waals surface area contributed by atoms with E-state index in [1.807, 2.05) is 25.2 Å². The number of benzene rings is 1. The van der Waals surface area contributed by atoms with Gasteiger partial charge in [-0.2, -0.15) is 0 Å². The van der Waals surface area contributed by atoms with Crippen LogP contribution in [-0.2, 0) is 13.2 Å². The van der Waals surface area contributed by atoms with Crippen LogP contribution in [0.5, 0.6) is 5.75 Å². The predicted octanol–water partition coefficient (Wildman–Crippen LogP) is 2.49. The molecule has 0 spiro atoms. The summed E-state index contributed by atoms with van der Waals surface area (Å²) in [4.78, 5) is 0. The third-order valence-electron chi connectivity index (χ3n) is 2.00. The Balaban J connectivity index is 1.93. The average molecular weight is 270 g/mol. The summed E-state index contributed by atoms with van der Waals surface area (Å²) in [7, 11) is 1.88. The normalized spacial score (nSPS) is 10.5. The van der Waals surface area contributed by atoms with Gasteiger partial charge in [0.15, 0.2) is 5.01 Å². The van der Waals surface area contributed by atoms with Crippen molar-refractivity contribution in [2.45, 2.75) is 13.2 Å². The topological polar surface area (TPSA) is 47.0 Å². The van der Waals surface area contributed by atoms with E-state index in [9.17, 15) is 0 Å². The van der Waals surface area contributed by atoms with Crippen LogP contribution >= 0.6 is 22.9 Å². The first kappa shape index (κ1) is 12.3. The first-order valence-electron chi connectivity index (χ1n) is 5.12. The maximum Gasteiger partial charge on any atom is 0.155 e. The van der Waals surface area contributed by atoms with Crippen molar-refractivity contribution in [3.63, 3.8) is 0 Å². The zero-order valence-electron chi connectivity index (χ0n) is 9.31. The molecule has 0 radical (unpaired) electrons. The van der Waals surface area contributed by atoms with Gasteiger partial charge < -0.3 is 10.1 Å². The third kappa shape index (κ3) is 3.66. The van der Waals surface area contributed by atoms with Crippen LogP contribution in [0.15, 0.2) is 24.3 Å². The number of aromatic nitrogens is 2. The van der Waals surface area contributed by atoms with Crippen LogP contribution < -0.4 is 10.1 Å². The van der Waals surface area contributed by atoms with Crippen molar-refractivity contribution in [2.24, 2.45) is 0 Å². The Kier molecular flexibility index (Phi) is 4.30. The molecule has 0 saturated carbocycles. The zero-order valence-corrected chi connectivity index (χ0v) is 10.9. The lowest BCUT2D eigenvalue weighted by Crippen LogP contribution is -2.04. The molecule has 0 aliphatic rings. The second-order valence-corrected chi connectivity index (χ2v) is 4.95. The summed E-state index contributed by atoms with van der Waals surface area (Å²) in [6.45, 7) is 1.15. The molecule has 2 rings (SSSR count). The fraction of sp³-hybridized carbons (Fsp3) is 0.273. The van der Waals surface area contributed by atoms with Crippen LogP contribution in [0.2, 0.25) is 5.02 Å². The van der Waals surface area contributed by atoms with Crippen LogP contribution in [-0.4, -0.2) is 17.2 Å². The number of hydrogen-bond acceptors (Lipinski definition) is 5. The molecule has 1 heterocycles. The van der Waals surface area contributed by atoms with Crippen LogP contribution in [0, 0.1) is 0 Å². The van der Waals surface area contributed by atoms with E-state index in [2.05, 4.69) is 15.5 Å². The Hall–Kier alpha value is -1.17. The van der Waals surface area contributed by atoms with E-state index >= 15 is 0 Å². The number of nitrogens with one attached hydrogen (secondary N) is 1. The Labute approximate surface area is 109 Å².